The van der Waals surface area contributed by atoms with Crippen LogP contribution in [0.4, 0.5) is 17.6 Å². The van der Waals surface area contributed by atoms with Gasteiger partial charge in [0.1, 0.15) is 5.82 Å². The third-order valence-corrected chi connectivity index (χ3v) is 3.57. The monoisotopic (exact) mass is 304 g/mol. The summed E-state index contributed by atoms with van der Waals surface area (Å²) in [6.45, 7) is 4.90. The van der Waals surface area contributed by atoms with Gasteiger partial charge < -0.3 is 10.2 Å². The Balaban J connectivity index is 2.39. The van der Waals surface area contributed by atoms with Gasteiger partial charge in [-0.25, -0.2) is 4.39 Å². The number of amides is 1. The molecule has 7 heteroatoms. The van der Waals surface area contributed by atoms with Crippen molar-refractivity contribution in [3.63, 3.8) is 0 Å². The number of nitrogens with one attached hydrogen (secondary N) is 1. The predicted octanol–water partition coefficient (Wildman–Crippen LogP) is 2.67. The summed E-state index contributed by atoms with van der Waals surface area (Å²) in [5, 5.41) is 3.09. The molecule has 116 valence electrons. The van der Waals surface area contributed by atoms with Crippen molar-refractivity contribution < 1.29 is 22.4 Å². The van der Waals surface area contributed by atoms with Gasteiger partial charge in [-0.1, -0.05) is 0 Å². The Labute approximate surface area is 119 Å². The molecule has 1 fully saturated rings. The van der Waals surface area contributed by atoms with Gasteiger partial charge >= 0.3 is 6.18 Å². The molecule has 1 saturated heterocycles. The Morgan fingerprint density at radius 1 is 1.33 bits per heavy atom. The minimum absolute atomic E-state index is 0.321. The quantitative estimate of drug-likeness (QED) is 0.809. The van der Waals surface area contributed by atoms with Crippen LogP contribution in [0.1, 0.15) is 29.8 Å². The number of carbonyl (C=O) groups excluding carboxylic acids is 1. The molecule has 0 radical (unpaired) electrons. The van der Waals surface area contributed by atoms with Gasteiger partial charge in [0.25, 0.3) is 5.91 Å². The molecule has 0 aromatic heterocycles. The third-order valence-electron chi connectivity index (χ3n) is 3.57. The van der Waals surface area contributed by atoms with Gasteiger partial charge in [-0.3, -0.25) is 4.79 Å². The number of rotatable bonds is 1. The highest BCUT2D eigenvalue weighted by atomic mass is 19.4. The fourth-order valence-corrected chi connectivity index (χ4v) is 2.37. The van der Waals surface area contributed by atoms with E-state index >= 15 is 0 Å². The largest absolute Gasteiger partial charge is 0.416 e. The summed E-state index contributed by atoms with van der Waals surface area (Å²) >= 11 is 0. The topological polar surface area (TPSA) is 32.3 Å². The van der Waals surface area contributed by atoms with Crippen molar-refractivity contribution in [3.05, 3.63) is 35.1 Å². The Kier molecular flexibility index (Phi) is 3.97. The average Bonchev–Trinajstić information content (AvgIpc) is 2.36. The molecule has 0 bridgehead atoms. The van der Waals surface area contributed by atoms with E-state index in [0.717, 1.165) is 0 Å². The predicted molar refractivity (Wildman–Crippen MR) is 69.4 cm³/mol. The van der Waals surface area contributed by atoms with Crippen LogP contribution in [0.25, 0.3) is 0 Å². The van der Waals surface area contributed by atoms with E-state index in [-0.39, 0.29) is 0 Å². The second kappa shape index (κ2) is 5.29. The molecule has 0 unspecified atom stereocenters. The van der Waals surface area contributed by atoms with Crippen molar-refractivity contribution in [2.24, 2.45) is 0 Å². The van der Waals surface area contributed by atoms with Crippen LogP contribution in [-0.4, -0.2) is 36.0 Å². The Bertz CT molecular complexity index is 554. The zero-order valence-corrected chi connectivity index (χ0v) is 11.7. The van der Waals surface area contributed by atoms with Crippen LogP contribution >= 0.6 is 0 Å². The molecule has 1 N–H and O–H groups in total. The molecule has 1 aliphatic rings. The number of hydrogen-bond donors (Lipinski definition) is 1. The third kappa shape index (κ3) is 3.18. The lowest BCUT2D eigenvalue weighted by Gasteiger charge is -2.42. The number of nitrogens with zero attached hydrogens (tertiary/aromatic N) is 1. The molecule has 2 rings (SSSR count). The lowest BCUT2D eigenvalue weighted by Crippen LogP contribution is -2.60. The van der Waals surface area contributed by atoms with E-state index in [1.54, 1.807) is 13.8 Å². The molecule has 1 aliphatic heterocycles. The molecule has 1 aromatic rings. The average molecular weight is 304 g/mol. The number of carbonyl (C=O) groups is 1. The maximum Gasteiger partial charge on any atom is 0.416 e. The summed E-state index contributed by atoms with van der Waals surface area (Å²) in [5.41, 5.74) is -2.16. The summed E-state index contributed by atoms with van der Waals surface area (Å²) in [5.74, 6) is -1.66. The summed E-state index contributed by atoms with van der Waals surface area (Å²) in [7, 11) is 0. The van der Waals surface area contributed by atoms with Crippen LogP contribution in [0.2, 0.25) is 0 Å². The first kappa shape index (κ1) is 15.8. The van der Waals surface area contributed by atoms with Crippen molar-refractivity contribution in [3.8, 4) is 0 Å². The summed E-state index contributed by atoms with van der Waals surface area (Å²) in [6, 6.07) is 1.90. The Morgan fingerprint density at radius 3 is 2.57 bits per heavy atom. The molecule has 21 heavy (non-hydrogen) atoms. The van der Waals surface area contributed by atoms with Crippen LogP contribution in [0.5, 0.6) is 0 Å². The number of alkyl halides is 3. The van der Waals surface area contributed by atoms with Crippen molar-refractivity contribution in [2.75, 3.05) is 19.6 Å². The van der Waals surface area contributed by atoms with Crippen LogP contribution in [0.15, 0.2) is 18.2 Å². The number of hydrogen-bond acceptors (Lipinski definition) is 2. The molecule has 0 spiro atoms. The van der Waals surface area contributed by atoms with E-state index in [1.807, 2.05) is 0 Å². The highest BCUT2D eigenvalue weighted by molar-refractivity contribution is 5.95. The molecule has 3 nitrogen and oxygen atoms in total. The Hall–Kier alpha value is -1.63. The van der Waals surface area contributed by atoms with E-state index in [1.165, 1.54) is 4.90 Å². The highest BCUT2D eigenvalue weighted by Gasteiger charge is 2.37. The van der Waals surface area contributed by atoms with E-state index in [2.05, 4.69) is 5.32 Å². The van der Waals surface area contributed by atoms with Gasteiger partial charge in [0.15, 0.2) is 0 Å². The van der Waals surface area contributed by atoms with Crippen molar-refractivity contribution in [2.45, 2.75) is 25.6 Å². The van der Waals surface area contributed by atoms with E-state index in [4.69, 9.17) is 0 Å². The zero-order chi connectivity index (χ0) is 15.8. The van der Waals surface area contributed by atoms with Crippen molar-refractivity contribution in [1.82, 2.24) is 10.2 Å². The molecule has 1 heterocycles. The fraction of sp³-hybridized carbons (Fsp3) is 0.500. The summed E-state index contributed by atoms with van der Waals surface area (Å²) < 4.78 is 51.9. The zero-order valence-electron chi connectivity index (χ0n) is 11.7. The smallest absolute Gasteiger partial charge is 0.331 e. The lowest BCUT2D eigenvalue weighted by molar-refractivity contribution is -0.137. The highest BCUT2D eigenvalue weighted by Crippen LogP contribution is 2.31. The molecular weight excluding hydrogens is 288 g/mol. The van der Waals surface area contributed by atoms with Gasteiger partial charge in [0.2, 0.25) is 0 Å². The number of halogens is 4. The van der Waals surface area contributed by atoms with Gasteiger partial charge in [-0.05, 0) is 32.0 Å². The minimum atomic E-state index is -4.61. The molecule has 0 aliphatic carbocycles. The van der Waals surface area contributed by atoms with Crippen LogP contribution in [0, 0.1) is 5.82 Å². The van der Waals surface area contributed by atoms with Crippen LogP contribution in [-0.2, 0) is 6.18 Å². The summed E-state index contributed by atoms with van der Waals surface area (Å²) in [6.07, 6.45) is -4.61. The lowest BCUT2D eigenvalue weighted by atomic mass is 9.98. The molecule has 0 atom stereocenters. The fourth-order valence-electron chi connectivity index (χ4n) is 2.37. The van der Waals surface area contributed by atoms with E-state index in [9.17, 15) is 22.4 Å². The minimum Gasteiger partial charge on any atom is -0.331 e. The molecule has 1 aromatic carbocycles. The van der Waals surface area contributed by atoms with Crippen molar-refractivity contribution in [1.29, 1.82) is 0 Å². The van der Waals surface area contributed by atoms with Gasteiger partial charge in [-0.15, -0.1) is 0 Å². The second-order valence-electron chi connectivity index (χ2n) is 5.64. The molecule has 0 saturated carbocycles. The van der Waals surface area contributed by atoms with Gasteiger partial charge in [-0.2, -0.15) is 13.2 Å². The van der Waals surface area contributed by atoms with Gasteiger partial charge in [0.05, 0.1) is 16.7 Å². The van der Waals surface area contributed by atoms with Crippen LogP contribution < -0.4 is 5.32 Å². The molecule has 1 amide bonds. The SMILES string of the molecule is CC1(C)CNCCN1C(=O)c1cc(C(F)(F)F)ccc1F. The summed E-state index contributed by atoms with van der Waals surface area (Å²) in [4.78, 5) is 13.8. The maximum absolute atomic E-state index is 13.8. The second-order valence-corrected chi connectivity index (χ2v) is 5.64. The first-order valence-electron chi connectivity index (χ1n) is 6.52. The van der Waals surface area contributed by atoms with E-state index in [0.29, 0.717) is 37.8 Å². The molecular formula is C14H16F4N2O. The van der Waals surface area contributed by atoms with Crippen molar-refractivity contribution >= 4 is 5.91 Å². The maximum atomic E-state index is 13.8. The van der Waals surface area contributed by atoms with Gasteiger partial charge in [0, 0.05) is 19.6 Å². The first-order valence-corrected chi connectivity index (χ1v) is 6.52. The normalized spacial score (nSPS) is 18.7. The number of benzene rings is 1. The van der Waals surface area contributed by atoms with Crippen LogP contribution in [0.3, 0.4) is 0 Å². The Morgan fingerprint density at radius 2 is 2.00 bits per heavy atom. The number of piperazine rings is 1. The standard InChI is InChI=1S/C14H16F4N2O/c1-13(2)8-19-5-6-20(13)12(21)10-7-9(14(16,17)18)3-4-11(10)15/h3-4,7,19H,5-6,8H2,1-2H3. The first-order chi connectivity index (χ1) is 9.63. The van der Waals surface area contributed by atoms with E-state index < -0.39 is 34.6 Å².